The number of carbonyl (C=O) groups excluding carboxylic acids is 1. The van der Waals surface area contributed by atoms with E-state index < -0.39 is 0 Å². The van der Waals surface area contributed by atoms with Crippen LogP contribution in [0.25, 0.3) is 11.3 Å². The third-order valence-electron chi connectivity index (χ3n) is 3.93. The number of amides is 1. The van der Waals surface area contributed by atoms with Gasteiger partial charge in [-0.15, -0.1) is 0 Å². The molecule has 1 heterocycles. The third kappa shape index (κ3) is 3.74. The molecule has 128 valence electrons. The van der Waals surface area contributed by atoms with Crippen molar-refractivity contribution in [3.63, 3.8) is 0 Å². The van der Waals surface area contributed by atoms with Crippen LogP contribution in [0.2, 0.25) is 0 Å². The van der Waals surface area contributed by atoms with Gasteiger partial charge in [0.15, 0.2) is 0 Å². The molecule has 0 aliphatic rings. The quantitative estimate of drug-likeness (QED) is 0.696. The van der Waals surface area contributed by atoms with Gasteiger partial charge in [0.05, 0.1) is 17.9 Å². The van der Waals surface area contributed by atoms with Crippen LogP contribution in [0.1, 0.15) is 28.6 Å². The first-order valence-corrected chi connectivity index (χ1v) is 8.29. The maximum absolute atomic E-state index is 12.7. The molecule has 0 radical (unpaired) electrons. The molecule has 1 aromatic heterocycles. The highest BCUT2D eigenvalue weighted by Gasteiger charge is 2.17. The fourth-order valence-electron chi connectivity index (χ4n) is 2.61. The SMILES string of the molecule is CCOc1ccccc1NC(=O)c1cc(-c2ccc(C)cc2)oc1C. The molecule has 2 aromatic carbocycles. The topological polar surface area (TPSA) is 51.5 Å². The maximum atomic E-state index is 12.7. The number of rotatable bonds is 5. The molecule has 4 nitrogen and oxygen atoms in total. The average molecular weight is 335 g/mol. The fourth-order valence-corrected chi connectivity index (χ4v) is 2.61. The van der Waals surface area contributed by atoms with Gasteiger partial charge in [-0.05, 0) is 39.0 Å². The fraction of sp³-hybridized carbons (Fsp3) is 0.190. The summed E-state index contributed by atoms with van der Waals surface area (Å²) in [7, 11) is 0. The maximum Gasteiger partial charge on any atom is 0.259 e. The van der Waals surface area contributed by atoms with E-state index in [1.165, 1.54) is 5.56 Å². The molecule has 3 aromatic rings. The summed E-state index contributed by atoms with van der Waals surface area (Å²) in [6.07, 6.45) is 0. The van der Waals surface area contributed by atoms with Crippen molar-refractivity contribution in [2.45, 2.75) is 20.8 Å². The van der Waals surface area contributed by atoms with Crippen LogP contribution >= 0.6 is 0 Å². The number of carbonyl (C=O) groups is 1. The molecule has 0 saturated heterocycles. The highest BCUT2D eigenvalue weighted by atomic mass is 16.5. The predicted octanol–water partition coefficient (Wildman–Crippen LogP) is 5.21. The van der Waals surface area contributed by atoms with E-state index in [9.17, 15) is 4.79 Å². The first kappa shape index (κ1) is 16.8. The van der Waals surface area contributed by atoms with Gasteiger partial charge in [-0.1, -0.05) is 42.0 Å². The molecule has 0 aliphatic heterocycles. The van der Waals surface area contributed by atoms with Gasteiger partial charge in [-0.2, -0.15) is 0 Å². The van der Waals surface area contributed by atoms with Gasteiger partial charge >= 0.3 is 0 Å². The number of furan rings is 1. The van der Waals surface area contributed by atoms with Crippen LogP contribution in [0.3, 0.4) is 0 Å². The molecule has 4 heteroatoms. The Morgan fingerprint density at radius 3 is 2.52 bits per heavy atom. The van der Waals surface area contributed by atoms with E-state index in [-0.39, 0.29) is 5.91 Å². The standard InChI is InChI=1S/C21H21NO3/c1-4-24-19-8-6-5-7-18(19)22-21(23)17-13-20(25-15(17)3)16-11-9-14(2)10-12-16/h5-13H,4H2,1-3H3,(H,22,23). The summed E-state index contributed by atoms with van der Waals surface area (Å²) in [5.74, 6) is 1.70. The van der Waals surface area contributed by atoms with Crippen molar-refractivity contribution in [1.29, 1.82) is 0 Å². The minimum absolute atomic E-state index is 0.216. The summed E-state index contributed by atoms with van der Waals surface area (Å²) in [5, 5.41) is 2.90. The molecule has 0 spiro atoms. The van der Waals surface area contributed by atoms with Gasteiger partial charge in [0.25, 0.3) is 5.91 Å². The van der Waals surface area contributed by atoms with Crippen LogP contribution in [-0.2, 0) is 0 Å². The second-order valence-electron chi connectivity index (χ2n) is 5.83. The predicted molar refractivity (Wildman–Crippen MR) is 99.2 cm³/mol. The normalized spacial score (nSPS) is 10.5. The number of hydrogen-bond donors (Lipinski definition) is 1. The Hall–Kier alpha value is -3.01. The van der Waals surface area contributed by atoms with Crippen molar-refractivity contribution >= 4 is 11.6 Å². The molecule has 0 bridgehead atoms. The molecular formula is C21H21NO3. The van der Waals surface area contributed by atoms with E-state index in [1.54, 1.807) is 13.0 Å². The molecule has 0 atom stereocenters. The van der Waals surface area contributed by atoms with Gasteiger partial charge in [-0.3, -0.25) is 4.79 Å². The van der Waals surface area contributed by atoms with Crippen molar-refractivity contribution in [3.8, 4) is 17.1 Å². The Balaban J connectivity index is 1.85. The Kier molecular flexibility index (Phi) is 4.89. The number of nitrogens with one attached hydrogen (secondary N) is 1. The first-order valence-electron chi connectivity index (χ1n) is 8.29. The second-order valence-corrected chi connectivity index (χ2v) is 5.83. The van der Waals surface area contributed by atoms with Crippen LogP contribution in [0.4, 0.5) is 5.69 Å². The number of anilines is 1. The van der Waals surface area contributed by atoms with Crippen molar-refractivity contribution in [3.05, 3.63) is 71.5 Å². The number of hydrogen-bond acceptors (Lipinski definition) is 3. The lowest BCUT2D eigenvalue weighted by Crippen LogP contribution is -2.13. The van der Waals surface area contributed by atoms with Crippen LogP contribution in [0.15, 0.2) is 59.0 Å². The highest BCUT2D eigenvalue weighted by Crippen LogP contribution is 2.28. The molecule has 0 fully saturated rings. The highest BCUT2D eigenvalue weighted by molar-refractivity contribution is 6.06. The molecular weight excluding hydrogens is 314 g/mol. The van der Waals surface area contributed by atoms with Gasteiger partial charge in [0, 0.05) is 5.56 Å². The van der Waals surface area contributed by atoms with Crippen molar-refractivity contribution in [2.24, 2.45) is 0 Å². The van der Waals surface area contributed by atoms with Gasteiger partial charge in [-0.25, -0.2) is 0 Å². The lowest BCUT2D eigenvalue weighted by Gasteiger charge is -2.10. The molecule has 1 N–H and O–H groups in total. The van der Waals surface area contributed by atoms with E-state index in [4.69, 9.17) is 9.15 Å². The van der Waals surface area contributed by atoms with Crippen LogP contribution in [-0.4, -0.2) is 12.5 Å². The van der Waals surface area contributed by atoms with E-state index in [1.807, 2.05) is 62.4 Å². The van der Waals surface area contributed by atoms with Crippen molar-refractivity contribution in [1.82, 2.24) is 0 Å². The summed E-state index contributed by atoms with van der Waals surface area (Å²) in [6.45, 7) is 6.27. The zero-order valence-electron chi connectivity index (χ0n) is 14.6. The largest absolute Gasteiger partial charge is 0.492 e. The number of ether oxygens (including phenoxy) is 1. The number of benzene rings is 2. The number of para-hydroxylation sites is 2. The second kappa shape index (κ2) is 7.26. The molecule has 0 saturated carbocycles. The van der Waals surface area contributed by atoms with Gasteiger partial charge in [0.1, 0.15) is 17.3 Å². The Labute approximate surface area is 147 Å². The smallest absolute Gasteiger partial charge is 0.259 e. The van der Waals surface area contributed by atoms with Crippen LogP contribution < -0.4 is 10.1 Å². The van der Waals surface area contributed by atoms with E-state index >= 15 is 0 Å². The first-order chi connectivity index (χ1) is 12.1. The van der Waals surface area contributed by atoms with E-state index in [2.05, 4.69) is 5.32 Å². The minimum atomic E-state index is -0.216. The summed E-state index contributed by atoms with van der Waals surface area (Å²) in [6, 6.07) is 17.2. The molecule has 3 rings (SSSR count). The molecule has 0 aliphatic carbocycles. The number of aryl methyl sites for hydroxylation is 2. The van der Waals surface area contributed by atoms with Crippen LogP contribution in [0, 0.1) is 13.8 Å². The molecule has 1 amide bonds. The zero-order chi connectivity index (χ0) is 17.8. The minimum Gasteiger partial charge on any atom is -0.492 e. The van der Waals surface area contributed by atoms with Crippen molar-refractivity contribution in [2.75, 3.05) is 11.9 Å². The summed E-state index contributed by atoms with van der Waals surface area (Å²) >= 11 is 0. The van der Waals surface area contributed by atoms with E-state index in [0.717, 1.165) is 5.56 Å². The van der Waals surface area contributed by atoms with E-state index in [0.29, 0.717) is 35.1 Å². The zero-order valence-corrected chi connectivity index (χ0v) is 14.6. The lowest BCUT2D eigenvalue weighted by molar-refractivity contribution is 0.102. The third-order valence-corrected chi connectivity index (χ3v) is 3.93. The van der Waals surface area contributed by atoms with Gasteiger partial charge < -0.3 is 14.5 Å². The van der Waals surface area contributed by atoms with Crippen LogP contribution in [0.5, 0.6) is 5.75 Å². The summed E-state index contributed by atoms with van der Waals surface area (Å²) in [5.41, 5.74) is 3.29. The Bertz CT molecular complexity index is 878. The summed E-state index contributed by atoms with van der Waals surface area (Å²) in [4.78, 5) is 12.7. The van der Waals surface area contributed by atoms with Gasteiger partial charge in [0.2, 0.25) is 0 Å². The van der Waals surface area contributed by atoms with Crippen molar-refractivity contribution < 1.29 is 13.9 Å². The monoisotopic (exact) mass is 335 g/mol. The Morgan fingerprint density at radius 1 is 1.08 bits per heavy atom. The Morgan fingerprint density at radius 2 is 1.80 bits per heavy atom. The lowest BCUT2D eigenvalue weighted by atomic mass is 10.1. The average Bonchev–Trinajstić information content (AvgIpc) is 2.99. The summed E-state index contributed by atoms with van der Waals surface area (Å²) < 4.78 is 11.3. The molecule has 0 unspecified atom stereocenters. The molecule has 25 heavy (non-hydrogen) atoms.